The Morgan fingerprint density at radius 3 is 1.68 bits per heavy atom. The summed E-state index contributed by atoms with van der Waals surface area (Å²) >= 11 is 0. The van der Waals surface area contributed by atoms with Crippen LogP contribution >= 0.6 is 0 Å². The highest BCUT2D eigenvalue weighted by Gasteiger charge is 2.25. The summed E-state index contributed by atoms with van der Waals surface area (Å²) in [5.41, 5.74) is 6.03. The number of primary amides is 1. The number of rotatable bonds is 1. The van der Waals surface area contributed by atoms with Gasteiger partial charge in [0.25, 0.3) is 11.8 Å². The average Bonchev–Trinajstić information content (AvgIpc) is 2.69. The van der Waals surface area contributed by atoms with Crippen molar-refractivity contribution in [3.05, 3.63) is 60.7 Å². The molecule has 1 heterocycles. The summed E-state index contributed by atoms with van der Waals surface area (Å²) in [6.07, 6.45) is 0. The summed E-state index contributed by atoms with van der Waals surface area (Å²) in [4.78, 5) is 31.7. The maximum atomic E-state index is 10.9. The fourth-order valence-electron chi connectivity index (χ4n) is 1.12. The van der Waals surface area contributed by atoms with Crippen molar-refractivity contribution in [3.63, 3.8) is 0 Å². The summed E-state index contributed by atoms with van der Waals surface area (Å²) in [5.74, 6) is -1.04. The van der Waals surface area contributed by atoms with Gasteiger partial charge in [0.2, 0.25) is 5.91 Å². The van der Waals surface area contributed by atoms with Crippen LogP contribution < -0.4 is 11.1 Å². The van der Waals surface area contributed by atoms with Gasteiger partial charge in [0, 0.05) is 5.57 Å². The molecular weight excluding hydrogens is 244 g/mol. The highest BCUT2D eigenvalue weighted by molar-refractivity contribution is 6.21. The topological polar surface area (TPSA) is 89.3 Å². The normalized spacial score (nSPS) is 11.0. The first kappa shape index (κ1) is 16.3. The number of carbonyl (C=O) groups is 3. The maximum absolute atomic E-state index is 10.9. The van der Waals surface area contributed by atoms with Crippen molar-refractivity contribution in [2.24, 2.45) is 5.73 Å². The van der Waals surface area contributed by atoms with Crippen LogP contribution in [0.15, 0.2) is 49.6 Å². The zero-order valence-corrected chi connectivity index (χ0v) is 10.7. The molecule has 5 heteroatoms. The molecule has 1 aliphatic heterocycles. The maximum Gasteiger partial charge on any atom is 0.258 e. The van der Waals surface area contributed by atoms with E-state index in [1.807, 2.05) is 0 Å². The molecule has 0 aromatic heterocycles. The van der Waals surface area contributed by atoms with Crippen molar-refractivity contribution in [2.75, 3.05) is 0 Å². The van der Waals surface area contributed by atoms with Crippen LogP contribution in [0.3, 0.4) is 0 Å². The second kappa shape index (κ2) is 7.60. The lowest BCUT2D eigenvalue weighted by Crippen LogP contribution is -2.19. The van der Waals surface area contributed by atoms with E-state index in [0.717, 1.165) is 0 Å². The number of amides is 3. The van der Waals surface area contributed by atoms with Gasteiger partial charge in [-0.3, -0.25) is 19.7 Å². The lowest BCUT2D eigenvalue weighted by atomic mass is 10.1. The van der Waals surface area contributed by atoms with Crippen LogP contribution in [0.1, 0.15) is 27.6 Å². The molecule has 0 spiro atoms. The molecule has 2 rings (SSSR count). The number of hydrogen-bond acceptors (Lipinski definition) is 3. The van der Waals surface area contributed by atoms with Crippen LogP contribution in [0, 0.1) is 0 Å². The standard InChI is InChI=1S/C8H5NO2.C4H7NO.C2H4/c10-7-5-3-1-2-4-6(5)8(11)9-7;1-3(2)4(5)6;1-2/h1-4H,(H,9,10,11);1H2,2H3,(H2,5,6);1-2H2. The van der Waals surface area contributed by atoms with Gasteiger partial charge in [-0.05, 0) is 19.1 Å². The van der Waals surface area contributed by atoms with Crippen molar-refractivity contribution in [2.45, 2.75) is 6.92 Å². The third-order valence-corrected chi connectivity index (χ3v) is 2.06. The van der Waals surface area contributed by atoms with Crippen molar-refractivity contribution in [1.82, 2.24) is 5.32 Å². The highest BCUT2D eigenvalue weighted by Crippen LogP contribution is 2.13. The van der Waals surface area contributed by atoms with E-state index >= 15 is 0 Å². The number of nitrogens with two attached hydrogens (primary N) is 1. The number of hydrogen-bond donors (Lipinski definition) is 2. The van der Waals surface area contributed by atoms with Crippen molar-refractivity contribution < 1.29 is 14.4 Å². The zero-order chi connectivity index (χ0) is 15.0. The fourth-order valence-corrected chi connectivity index (χ4v) is 1.12. The Kier molecular flexibility index (Phi) is 6.52. The molecule has 3 N–H and O–H groups in total. The molecule has 19 heavy (non-hydrogen) atoms. The SMILES string of the molecule is C=C.C=C(C)C(N)=O.O=C1NC(=O)c2ccccc21. The van der Waals surface area contributed by atoms with E-state index in [0.29, 0.717) is 16.7 Å². The molecule has 5 nitrogen and oxygen atoms in total. The predicted octanol–water partition coefficient (Wildman–Crippen LogP) is 1.42. The van der Waals surface area contributed by atoms with Crippen LogP contribution in [-0.2, 0) is 4.79 Å². The molecule has 0 atom stereocenters. The first-order valence-corrected chi connectivity index (χ1v) is 5.33. The molecule has 0 saturated heterocycles. The van der Waals surface area contributed by atoms with Crippen LogP contribution in [0.4, 0.5) is 0 Å². The molecule has 0 fully saturated rings. The minimum absolute atomic E-state index is 0.300. The number of imide groups is 1. The van der Waals surface area contributed by atoms with Gasteiger partial charge in [-0.15, -0.1) is 13.2 Å². The number of carbonyl (C=O) groups excluding carboxylic acids is 3. The second-order valence-electron chi connectivity index (χ2n) is 3.47. The van der Waals surface area contributed by atoms with Crippen LogP contribution in [0.25, 0.3) is 0 Å². The van der Waals surface area contributed by atoms with E-state index in [1.165, 1.54) is 0 Å². The molecule has 0 unspecified atom stereocenters. The third kappa shape index (κ3) is 4.59. The Labute approximate surface area is 111 Å². The zero-order valence-electron chi connectivity index (χ0n) is 10.7. The summed E-state index contributed by atoms with van der Waals surface area (Å²) in [5, 5.41) is 2.20. The average molecular weight is 260 g/mol. The smallest absolute Gasteiger partial charge is 0.258 e. The van der Waals surface area contributed by atoms with Crippen LogP contribution in [-0.4, -0.2) is 17.7 Å². The van der Waals surface area contributed by atoms with Crippen molar-refractivity contribution >= 4 is 17.7 Å². The highest BCUT2D eigenvalue weighted by atomic mass is 16.2. The molecule has 1 aromatic rings. The molecule has 0 saturated carbocycles. The fraction of sp³-hybridized carbons (Fsp3) is 0.0714. The van der Waals surface area contributed by atoms with Gasteiger partial charge in [-0.2, -0.15) is 0 Å². The van der Waals surface area contributed by atoms with Gasteiger partial charge in [0.15, 0.2) is 0 Å². The molecule has 1 aliphatic rings. The van der Waals surface area contributed by atoms with Gasteiger partial charge in [0.05, 0.1) is 11.1 Å². The lowest BCUT2D eigenvalue weighted by molar-refractivity contribution is -0.114. The lowest BCUT2D eigenvalue weighted by Gasteiger charge is -1.88. The summed E-state index contributed by atoms with van der Waals surface area (Å²) in [7, 11) is 0. The monoisotopic (exact) mass is 260 g/mol. The minimum atomic E-state index is -0.435. The minimum Gasteiger partial charge on any atom is -0.366 e. The van der Waals surface area contributed by atoms with E-state index in [-0.39, 0.29) is 11.8 Å². The molecule has 0 bridgehead atoms. The Morgan fingerprint density at radius 2 is 1.42 bits per heavy atom. The summed E-state index contributed by atoms with van der Waals surface area (Å²) in [6.45, 7) is 10.9. The first-order valence-electron chi connectivity index (χ1n) is 5.33. The first-order chi connectivity index (χ1) is 8.93. The van der Waals surface area contributed by atoms with Crippen LogP contribution in [0.2, 0.25) is 0 Å². The van der Waals surface area contributed by atoms with E-state index in [4.69, 9.17) is 5.73 Å². The van der Waals surface area contributed by atoms with Crippen molar-refractivity contribution in [3.8, 4) is 0 Å². The molecular formula is C14H16N2O3. The van der Waals surface area contributed by atoms with E-state index in [2.05, 4.69) is 25.1 Å². The third-order valence-electron chi connectivity index (χ3n) is 2.06. The molecule has 0 radical (unpaired) electrons. The quantitative estimate of drug-likeness (QED) is 0.454. The molecule has 100 valence electrons. The number of fused-ring (bicyclic) bond motifs is 1. The second-order valence-corrected chi connectivity index (χ2v) is 3.47. The summed E-state index contributed by atoms with van der Waals surface area (Å²) < 4.78 is 0. The Balaban J connectivity index is 0.000000350. The van der Waals surface area contributed by atoms with Gasteiger partial charge >= 0.3 is 0 Å². The summed E-state index contributed by atoms with van der Waals surface area (Å²) in [6, 6.07) is 6.74. The van der Waals surface area contributed by atoms with E-state index < -0.39 is 5.91 Å². The van der Waals surface area contributed by atoms with E-state index in [1.54, 1.807) is 31.2 Å². The largest absolute Gasteiger partial charge is 0.366 e. The van der Waals surface area contributed by atoms with Gasteiger partial charge in [-0.25, -0.2) is 0 Å². The van der Waals surface area contributed by atoms with Crippen LogP contribution in [0.5, 0.6) is 0 Å². The van der Waals surface area contributed by atoms with E-state index in [9.17, 15) is 14.4 Å². The van der Waals surface area contributed by atoms with Gasteiger partial charge in [0.1, 0.15) is 0 Å². The Morgan fingerprint density at radius 1 is 1.11 bits per heavy atom. The van der Waals surface area contributed by atoms with Crippen molar-refractivity contribution in [1.29, 1.82) is 0 Å². The van der Waals surface area contributed by atoms with Gasteiger partial charge in [-0.1, -0.05) is 18.7 Å². The molecule has 3 amide bonds. The Hall–Kier alpha value is -2.69. The Bertz CT molecular complexity index is 476. The van der Waals surface area contributed by atoms with Gasteiger partial charge < -0.3 is 5.73 Å². The predicted molar refractivity (Wildman–Crippen MR) is 73.5 cm³/mol. The molecule has 0 aliphatic carbocycles. The number of nitrogens with one attached hydrogen (secondary N) is 1. The molecule has 1 aromatic carbocycles. The number of benzene rings is 1.